The van der Waals surface area contributed by atoms with Crippen molar-refractivity contribution in [1.82, 2.24) is 5.32 Å². The molecule has 0 bridgehead atoms. The smallest absolute Gasteiger partial charge is 0.322 e. The molecule has 122 valence electrons. The van der Waals surface area contributed by atoms with Crippen LogP contribution in [0.5, 0.6) is 11.5 Å². The Morgan fingerprint density at radius 3 is 2.74 bits per heavy atom. The first-order chi connectivity index (χ1) is 11.0. The van der Waals surface area contributed by atoms with E-state index in [2.05, 4.69) is 5.32 Å². The Bertz CT molecular complexity index is 659. The Balaban J connectivity index is 1.70. The molecule has 8 heteroatoms. The van der Waals surface area contributed by atoms with Crippen LogP contribution >= 0.6 is 0 Å². The van der Waals surface area contributed by atoms with Gasteiger partial charge >= 0.3 is 5.97 Å². The van der Waals surface area contributed by atoms with Gasteiger partial charge in [0.2, 0.25) is 11.8 Å². The number of nitrogens with zero attached hydrogens (tertiary/aromatic N) is 1. The second-order valence-electron chi connectivity index (χ2n) is 5.34. The van der Waals surface area contributed by atoms with Crippen molar-refractivity contribution in [3.8, 4) is 11.5 Å². The predicted octanol–water partition coefficient (Wildman–Crippen LogP) is 0.0115. The first-order valence-corrected chi connectivity index (χ1v) is 7.24. The highest BCUT2D eigenvalue weighted by Crippen LogP contribution is 2.35. The third kappa shape index (κ3) is 3.20. The minimum atomic E-state index is -1.12. The summed E-state index contributed by atoms with van der Waals surface area (Å²) >= 11 is 0. The van der Waals surface area contributed by atoms with E-state index in [0.29, 0.717) is 30.4 Å². The second-order valence-corrected chi connectivity index (χ2v) is 5.34. The molecular formula is C15H16N2O6. The number of aliphatic carboxylic acids is 1. The van der Waals surface area contributed by atoms with E-state index >= 15 is 0 Å². The normalized spacial score (nSPS) is 19.6. The van der Waals surface area contributed by atoms with Crippen LogP contribution in [0.4, 0.5) is 5.69 Å². The highest BCUT2D eigenvalue weighted by atomic mass is 16.6. The number of fused-ring (bicyclic) bond motifs is 1. The Labute approximate surface area is 132 Å². The molecule has 0 saturated carbocycles. The number of carbonyl (C=O) groups is 3. The predicted molar refractivity (Wildman–Crippen MR) is 78.5 cm³/mol. The summed E-state index contributed by atoms with van der Waals surface area (Å²) in [6.07, 6.45) is 0.0555. The van der Waals surface area contributed by atoms with E-state index < -0.39 is 24.3 Å². The van der Waals surface area contributed by atoms with Gasteiger partial charge in [-0.2, -0.15) is 0 Å². The first-order valence-electron chi connectivity index (χ1n) is 7.24. The Morgan fingerprint density at radius 2 is 2.00 bits per heavy atom. The van der Waals surface area contributed by atoms with Crippen LogP contribution in [0.1, 0.15) is 6.42 Å². The number of carbonyl (C=O) groups excluding carboxylic acids is 2. The van der Waals surface area contributed by atoms with Gasteiger partial charge in [0.25, 0.3) is 0 Å². The summed E-state index contributed by atoms with van der Waals surface area (Å²) in [6, 6.07) is 5.18. The van der Waals surface area contributed by atoms with Gasteiger partial charge in [-0.15, -0.1) is 0 Å². The number of hydrogen-bond donors (Lipinski definition) is 2. The number of rotatable bonds is 4. The molecule has 1 atom stereocenters. The van der Waals surface area contributed by atoms with Crippen molar-refractivity contribution < 1.29 is 29.0 Å². The molecular weight excluding hydrogens is 304 g/mol. The maximum atomic E-state index is 12.2. The van der Waals surface area contributed by atoms with E-state index in [9.17, 15) is 14.4 Å². The lowest BCUT2D eigenvalue weighted by molar-refractivity contribution is -0.138. The Hall–Kier alpha value is -2.77. The summed E-state index contributed by atoms with van der Waals surface area (Å²) in [7, 11) is 0. The van der Waals surface area contributed by atoms with Gasteiger partial charge in [0.15, 0.2) is 11.5 Å². The van der Waals surface area contributed by atoms with E-state index in [0.717, 1.165) is 0 Å². The summed E-state index contributed by atoms with van der Waals surface area (Å²) in [4.78, 5) is 36.1. The van der Waals surface area contributed by atoms with Gasteiger partial charge in [0.1, 0.15) is 19.8 Å². The molecule has 2 aliphatic heterocycles. The van der Waals surface area contributed by atoms with E-state index in [1.807, 2.05) is 0 Å². The van der Waals surface area contributed by atoms with Gasteiger partial charge < -0.3 is 24.8 Å². The van der Waals surface area contributed by atoms with Crippen LogP contribution in [0.3, 0.4) is 0 Å². The van der Waals surface area contributed by atoms with Crippen molar-refractivity contribution in [1.29, 1.82) is 0 Å². The summed E-state index contributed by atoms with van der Waals surface area (Å²) < 4.78 is 10.9. The lowest BCUT2D eigenvalue weighted by atomic mass is 10.1. The average Bonchev–Trinajstić information content (AvgIpc) is 2.94. The van der Waals surface area contributed by atoms with Crippen molar-refractivity contribution in [2.75, 3.05) is 31.2 Å². The number of ether oxygens (including phenoxy) is 2. The van der Waals surface area contributed by atoms with Crippen molar-refractivity contribution in [2.24, 2.45) is 5.92 Å². The van der Waals surface area contributed by atoms with Crippen molar-refractivity contribution in [2.45, 2.75) is 6.42 Å². The number of carboxylic acids is 1. The minimum Gasteiger partial charge on any atom is -0.486 e. The van der Waals surface area contributed by atoms with Crippen molar-refractivity contribution >= 4 is 23.5 Å². The Morgan fingerprint density at radius 1 is 1.26 bits per heavy atom. The standard InChI is InChI=1S/C15H16N2O6/c18-13-5-9(15(21)16-7-14(19)20)8-17(13)10-1-2-11-12(6-10)23-4-3-22-11/h1-2,6,9H,3-5,7-8H2,(H,16,21)(H,19,20). The van der Waals surface area contributed by atoms with E-state index in [1.165, 1.54) is 4.90 Å². The van der Waals surface area contributed by atoms with Crippen LogP contribution in [0.15, 0.2) is 18.2 Å². The lowest BCUT2D eigenvalue weighted by Crippen LogP contribution is -2.36. The highest BCUT2D eigenvalue weighted by molar-refractivity contribution is 6.00. The maximum absolute atomic E-state index is 12.2. The van der Waals surface area contributed by atoms with Gasteiger partial charge in [0, 0.05) is 24.7 Å². The van der Waals surface area contributed by atoms with Crippen LogP contribution in [-0.4, -0.2) is 49.2 Å². The van der Waals surface area contributed by atoms with Gasteiger partial charge in [-0.1, -0.05) is 0 Å². The van der Waals surface area contributed by atoms with Crippen LogP contribution in [-0.2, 0) is 14.4 Å². The molecule has 1 aromatic rings. The fraction of sp³-hybridized carbons (Fsp3) is 0.400. The first kappa shape index (κ1) is 15.1. The third-order valence-electron chi connectivity index (χ3n) is 3.75. The summed E-state index contributed by atoms with van der Waals surface area (Å²) in [6.45, 7) is 0.697. The molecule has 2 aliphatic rings. The average molecular weight is 320 g/mol. The van der Waals surface area contributed by atoms with Crippen LogP contribution in [0.25, 0.3) is 0 Å². The van der Waals surface area contributed by atoms with Crippen LogP contribution < -0.4 is 19.7 Å². The SMILES string of the molecule is O=C(O)CNC(=O)C1CC(=O)N(c2ccc3c(c2)OCCO3)C1. The van der Waals surface area contributed by atoms with Crippen LogP contribution in [0.2, 0.25) is 0 Å². The molecule has 8 nitrogen and oxygen atoms in total. The fourth-order valence-corrected chi connectivity index (χ4v) is 2.64. The molecule has 0 spiro atoms. The monoisotopic (exact) mass is 320 g/mol. The zero-order valence-electron chi connectivity index (χ0n) is 12.3. The maximum Gasteiger partial charge on any atom is 0.322 e. The molecule has 2 heterocycles. The highest BCUT2D eigenvalue weighted by Gasteiger charge is 2.35. The summed E-state index contributed by atoms with van der Waals surface area (Å²) in [5.41, 5.74) is 0.632. The molecule has 1 unspecified atom stereocenters. The molecule has 23 heavy (non-hydrogen) atoms. The lowest BCUT2D eigenvalue weighted by Gasteiger charge is -2.22. The number of carboxylic acid groups (broad SMARTS) is 1. The molecule has 2 amide bonds. The van der Waals surface area contributed by atoms with Crippen LogP contribution in [0, 0.1) is 5.92 Å². The molecule has 3 rings (SSSR count). The number of anilines is 1. The second kappa shape index (κ2) is 6.15. The zero-order valence-corrected chi connectivity index (χ0v) is 12.3. The van der Waals surface area contributed by atoms with Gasteiger partial charge in [-0.25, -0.2) is 0 Å². The quantitative estimate of drug-likeness (QED) is 0.810. The number of hydrogen-bond acceptors (Lipinski definition) is 5. The topological polar surface area (TPSA) is 105 Å². The number of amides is 2. The van der Waals surface area contributed by atoms with Crippen molar-refractivity contribution in [3.05, 3.63) is 18.2 Å². The largest absolute Gasteiger partial charge is 0.486 e. The Kier molecular flexibility index (Phi) is 4.05. The summed E-state index contributed by atoms with van der Waals surface area (Å²) in [5, 5.41) is 10.9. The molecule has 1 fully saturated rings. The molecule has 1 aromatic carbocycles. The number of benzene rings is 1. The minimum absolute atomic E-state index is 0.0555. The molecule has 1 saturated heterocycles. The van der Waals surface area contributed by atoms with Gasteiger partial charge in [0.05, 0.1) is 5.92 Å². The van der Waals surface area contributed by atoms with E-state index in [4.69, 9.17) is 14.6 Å². The summed E-state index contributed by atoms with van der Waals surface area (Å²) in [5.74, 6) is -1.10. The fourth-order valence-electron chi connectivity index (χ4n) is 2.64. The van der Waals surface area contributed by atoms with E-state index in [1.54, 1.807) is 18.2 Å². The van der Waals surface area contributed by atoms with Gasteiger partial charge in [-0.3, -0.25) is 14.4 Å². The molecule has 0 aromatic heterocycles. The molecule has 2 N–H and O–H groups in total. The van der Waals surface area contributed by atoms with Crippen molar-refractivity contribution in [3.63, 3.8) is 0 Å². The number of nitrogens with one attached hydrogen (secondary N) is 1. The zero-order chi connectivity index (χ0) is 16.4. The molecule has 0 aliphatic carbocycles. The van der Waals surface area contributed by atoms with Gasteiger partial charge in [-0.05, 0) is 12.1 Å². The molecule has 0 radical (unpaired) electrons. The third-order valence-corrected chi connectivity index (χ3v) is 3.75. The van der Waals surface area contributed by atoms with E-state index in [-0.39, 0.29) is 18.9 Å².